The molecule has 10 nitrogen and oxygen atoms in total. The largest absolute Gasteiger partial charge is 0.488 e. The minimum absolute atomic E-state index is 0.0141. The molecule has 2 aromatic rings. The zero-order chi connectivity index (χ0) is 31.2. The number of likely N-dealkylation sites (tertiary alicyclic amines) is 1. The van der Waals surface area contributed by atoms with Crippen molar-refractivity contribution in [2.75, 3.05) is 33.2 Å². The van der Waals surface area contributed by atoms with E-state index in [1.807, 2.05) is 23.1 Å². The molecule has 5 amide bonds. The third-order valence-corrected chi connectivity index (χ3v) is 10.3. The van der Waals surface area contributed by atoms with Gasteiger partial charge in [0.1, 0.15) is 11.9 Å². The van der Waals surface area contributed by atoms with Crippen LogP contribution in [0.15, 0.2) is 42.5 Å². The van der Waals surface area contributed by atoms with Gasteiger partial charge >= 0.3 is 0 Å². The summed E-state index contributed by atoms with van der Waals surface area (Å²) in [7, 11) is 1.60. The summed E-state index contributed by atoms with van der Waals surface area (Å²) in [6.45, 7) is 1.56. The number of imide groups is 1. The Morgan fingerprint density at radius 2 is 1.56 bits per heavy atom. The number of carbonyl (C=O) groups excluding carboxylic acids is 5. The van der Waals surface area contributed by atoms with Crippen LogP contribution >= 0.6 is 0 Å². The zero-order valence-electron chi connectivity index (χ0n) is 25.7. The summed E-state index contributed by atoms with van der Waals surface area (Å²) in [6.07, 6.45) is 6.04. The highest BCUT2D eigenvalue weighted by Crippen LogP contribution is 2.42. The standard InChI is InChI=1S/C35H40N4O6/c1-36-31(40)24-8-2-3-9-25(24)33(42)38-18-15-21-7-6-12-29(45-23-16-17-37(19-23)32(41)22-13-14-22)30(21)28(38)20-39-34(43)26-10-4-5-11-27(26)35(39)44/h4-7,10-12,22-25,28H,2-3,8-9,13-20H2,1H3,(H,36,40)/t23?,24-,25+,28+/m0/s1. The van der Waals surface area contributed by atoms with Crippen LogP contribution in [0.25, 0.3) is 0 Å². The Bertz CT molecular complexity index is 1520. The molecule has 0 aromatic heterocycles. The number of benzene rings is 2. The van der Waals surface area contributed by atoms with Crippen molar-refractivity contribution in [3.8, 4) is 5.75 Å². The van der Waals surface area contributed by atoms with E-state index in [1.54, 1.807) is 36.2 Å². The van der Waals surface area contributed by atoms with Crippen LogP contribution in [0.4, 0.5) is 0 Å². The van der Waals surface area contributed by atoms with Gasteiger partial charge in [0.25, 0.3) is 11.8 Å². The Morgan fingerprint density at radius 3 is 2.24 bits per heavy atom. The third kappa shape index (κ3) is 5.38. The van der Waals surface area contributed by atoms with Gasteiger partial charge in [-0.25, -0.2) is 0 Å². The summed E-state index contributed by atoms with van der Waals surface area (Å²) >= 11 is 0. The first kappa shape index (κ1) is 29.5. The smallest absolute Gasteiger partial charge is 0.261 e. The van der Waals surface area contributed by atoms with Gasteiger partial charge in [-0.2, -0.15) is 0 Å². The normalized spacial score (nSPS) is 26.0. The molecule has 1 unspecified atom stereocenters. The molecular weight excluding hydrogens is 572 g/mol. The monoisotopic (exact) mass is 612 g/mol. The highest BCUT2D eigenvalue weighted by atomic mass is 16.5. The topological polar surface area (TPSA) is 116 Å². The van der Waals surface area contributed by atoms with Crippen molar-refractivity contribution in [3.05, 3.63) is 64.7 Å². The van der Waals surface area contributed by atoms with Crippen molar-refractivity contribution in [1.82, 2.24) is 20.0 Å². The lowest BCUT2D eigenvalue weighted by Crippen LogP contribution is -2.51. The van der Waals surface area contributed by atoms with Crippen molar-refractivity contribution in [1.29, 1.82) is 0 Å². The van der Waals surface area contributed by atoms with Crippen LogP contribution in [-0.2, 0) is 20.8 Å². The molecule has 3 aliphatic heterocycles. The van der Waals surface area contributed by atoms with Crippen LogP contribution in [0.1, 0.15) is 82.8 Å². The Labute approximate surface area is 263 Å². The lowest BCUT2D eigenvalue weighted by Gasteiger charge is -2.43. The number of hydrogen-bond acceptors (Lipinski definition) is 6. The highest BCUT2D eigenvalue weighted by molar-refractivity contribution is 6.21. The second kappa shape index (κ2) is 11.9. The number of nitrogens with zero attached hydrogens (tertiary/aromatic N) is 3. The number of hydrogen-bond donors (Lipinski definition) is 1. The van der Waals surface area contributed by atoms with Crippen LogP contribution in [0.5, 0.6) is 5.75 Å². The van der Waals surface area contributed by atoms with Crippen molar-refractivity contribution in [2.45, 2.75) is 63.5 Å². The summed E-state index contributed by atoms with van der Waals surface area (Å²) in [6, 6.07) is 12.0. The minimum atomic E-state index is -0.641. The van der Waals surface area contributed by atoms with Crippen molar-refractivity contribution >= 4 is 29.5 Å². The van der Waals surface area contributed by atoms with E-state index in [-0.39, 0.29) is 48.1 Å². The maximum Gasteiger partial charge on any atom is 0.261 e. The SMILES string of the molecule is CNC(=O)[C@H]1CCCC[C@H]1C(=O)N1CCc2cccc(OC3CCN(C(=O)C4CC4)C3)c2[C@H]1CN1C(=O)c2ccccc2C1=O. The molecule has 1 saturated heterocycles. The number of nitrogens with one attached hydrogen (secondary N) is 1. The fraction of sp³-hybridized carbons (Fsp3) is 0.514. The van der Waals surface area contributed by atoms with Crippen molar-refractivity contribution < 1.29 is 28.7 Å². The molecule has 0 radical (unpaired) electrons. The molecule has 1 N–H and O–H groups in total. The molecule has 2 aliphatic carbocycles. The molecule has 0 spiro atoms. The molecule has 2 aromatic carbocycles. The summed E-state index contributed by atoms with van der Waals surface area (Å²) in [5.41, 5.74) is 2.53. The van der Waals surface area contributed by atoms with Gasteiger partial charge in [-0.3, -0.25) is 28.9 Å². The first-order valence-electron chi connectivity index (χ1n) is 16.4. The van der Waals surface area contributed by atoms with Gasteiger partial charge in [-0.05, 0) is 55.9 Å². The van der Waals surface area contributed by atoms with Gasteiger partial charge in [-0.15, -0.1) is 0 Å². The lowest BCUT2D eigenvalue weighted by molar-refractivity contribution is -0.146. The van der Waals surface area contributed by atoms with Gasteiger partial charge < -0.3 is 19.9 Å². The highest BCUT2D eigenvalue weighted by Gasteiger charge is 2.45. The Balaban J connectivity index is 1.22. The number of rotatable bonds is 7. The molecule has 2 saturated carbocycles. The molecule has 5 aliphatic rings. The van der Waals surface area contributed by atoms with Crippen LogP contribution in [0.3, 0.4) is 0 Å². The second-order valence-electron chi connectivity index (χ2n) is 13.1. The molecule has 3 heterocycles. The average Bonchev–Trinajstić information content (AvgIpc) is 3.78. The van der Waals surface area contributed by atoms with E-state index < -0.39 is 17.9 Å². The molecule has 236 valence electrons. The maximum atomic E-state index is 14.5. The van der Waals surface area contributed by atoms with Gasteiger partial charge in [0.05, 0.1) is 30.3 Å². The Kier molecular flexibility index (Phi) is 7.83. The zero-order valence-corrected chi connectivity index (χ0v) is 25.7. The first-order valence-corrected chi connectivity index (χ1v) is 16.4. The summed E-state index contributed by atoms with van der Waals surface area (Å²) < 4.78 is 6.63. The van der Waals surface area contributed by atoms with E-state index in [0.717, 1.165) is 36.8 Å². The summed E-state index contributed by atoms with van der Waals surface area (Å²) in [4.78, 5) is 72.1. The Hall–Kier alpha value is -4.21. The van der Waals surface area contributed by atoms with Crippen LogP contribution in [0, 0.1) is 17.8 Å². The van der Waals surface area contributed by atoms with Crippen LogP contribution < -0.4 is 10.1 Å². The van der Waals surface area contributed by atoms with E-state index in [1.165, 1.54) is 4.90 Å². The van der Waals surface area contributed by atoms with Gasteiger partial charge in [0, 0.05) is 49.9 Å². The predicted molar refractivity (Wildman–Crippen MR) is 164 cm³/mol. The molecule has 10 heteroatoms. The fourth-order valence-corrected chi connectivity index (χ4v) is 7.80. The van der Waals surface area contributed by atoms with Gasteiger partial charge in [0.2, 0.25) is 17.7 Å². The van der Waals surface area contributed by atoms with E-state index in [2.05, 4.69) is 5.32 Å². The molecule has 7 rings (SSSR count). The Morgan fingerprint density at radius 1 is 0.844 bits per heavy atom. The van der Waals surface area contributed by atoms with E-state index in [9.17, 15) is 24.0 Å². The van der Waals surface area contributed by atoms with Crippen LogP contribution in [-0.4, -0.2) is 83.6 Å². The minimum Gasteiger partial charge on any atom is -0.488 e. The molecular formula is C35H40N4O6. The molecule has 45 heavy (non-hydrogen) atoms. The van der Waals surface area contributed by atoms with Gasteiger partial charge in [-0.1, -0.05) is 37.1 Å². The van der Waals surface area contributed by atoms with E-state index >= 15 is 0 Å². The van der Waals surface area contributed by atoms with E-state index in [0.29, 0.717) is 62.2 Å². The number of carbonyl (C=O) groups is 5. The maximum absolute atomic E-state index is 14.5. The second-order valence-corrected chi connectivity index (χ2v) is 13.1. The molecule has 4 atom stereocenters. The van der Waals surface area contributed by atoms with Gasteiger partial charge in [0.15, 0.2) is 0 Å². The van der Waals surface area contributed by atoms with Crippen molar-refractivity contribution in [2.24, 2.45) is 17.8 Å². The lowest BCUT2D eigenvalue weighted by atomic mass is 9.77. The van der Waals surface area contributed by atoms with Crippen LogP contribution in [0.2, 0.25) is 0 Å². The fourth-order valence-electron chi connectivity index (χ4n) is 7.80. The number of ether oxygens (including phenoxy) is 1. The summed E-state index contributed by atoms with van der Waals surface area (Å²) in [5, 5.41) is 2.75. The summed E-state index contributed by atoms with van der Waals surface area (Å²) in [5.74, 6) is -0.926. The third-order valence-electron chi connectivity index (χ3n) is 10.3. The number of fused-ring (bicyclic) bond motifs is 2. The molecule has 0 bridgehead atoms. The quantitative estimate of drug-likeness (QED) is 0.480. The first-order chi connectivity index (χ1) is 21.9. The number of amides is 5. The molecule has 3 fully saturated rings. The predicted octanol–water partition coefficient (Wildman–Crippen LogP) is 3.35. The van der Waals surface area contributed by atoms with Crippen molar-refractivity contribution in [3.63, 3.8) is 0 Å². The average molecular weight is 613 g/mol. The van der Waals surface area contributed by atoms with E-state index in [4.69, 9.17) is 4.74 Å².